The predicted molar refractivity (Wildman–Crippen MR) is 83.7 cm³/mol. The highest BCUT2D eigenvalue weighted by Gasteiger charge is 2.21. The molecule has 5 nitrogen and oxygen atoms in total. The number of hydrogen-bond acceptors (Lipinski definition) is 3. The Morgan fingerprint density at radius 3 is 3.18 bits per heavy atom. The molecule has 3 rings (SSSR count). The number of benzene rings is 1. The highest BCUT2D eigenvalue weighted by atomic mass is 16.5. The Kier molecular flexibility index (Phi) is 4.24. The number of aromatic nitrogens is 2. The highest BCUT2D eigenvalue weighted by molar-refractivity contribution is 5.94. The van der Waals surface area contributed by atoms with Gasteiger partial charge in [0.2, 0.25) is 0 Å². The van der Waals surface area contributed by atoms with Crippen molar-refractivity contribution >= 4 is 5.91 Å². The quantitative estimate of drug-likeness (QED) is 0.940. The van der Waals surface area contributed by atoms with Crippen LogP contribution in [0.15, 0.2) is 30.5 Å². The van der Waals surface area contributed by atoms with E-state index in [-0.39, 0.29) is 11.9 Å². The van der Waals surface area contributed by atoms with Crippen LogP contribution in [0.2, 0.25) is 0 Å². The second-order valence-electron chi connectivity index (χ2n) is 5.79. The summed E-state index contributed by atoms with van der Waals surface area (Å²) in [6.45, 7) is 3.31. The van der Waals surface area contributed by atoms with E-state index >= 15 is 0 Å². The number of ether oxygens (including phenoxy) is 1. The zero-order valence-electron chi connectivity index (χ0n) is 13.0. The molecule has 5 heteroatoms. The molecule has 0 aliphatic carbocycles. The minimum absolute atomic E-state index is 0.0248. The minimum Gasteiger partial charge on any atom is -0.380 e. The largest absolute Gasteiger partial charge is 0.380 e. The summed E-state index contributed by atoms with van der Waals surface area (Å²) in [6.07, 6.45) is 3.88. The van der Waals surface area contributed by atoms with Crippen molar-refractivity contribution in [1.29, 1.82) is 0 Å². The zero-order valence-corrected chi connectivity index (χ0v) is 13.0. The lowest BCUT2D eigenvalue weighted by atomic mass is 10.1. The van der Waals surface area contributed by atoms with E-state index in [1.54, 1.807) is 7.11 Å². The van der Waals surface area contributed by atoms with Crippen molar-refractivity contribution in [1.82, 2.24) is 14.9 Å². The molecule has 2 aromatic rings. The smallest absolute Gasteiger partial charge is 0.251 e. The van der Waals surface area contributed by atoms with E-state index in [2.05, 4.69) is 14.9 Å². The first-order valence-electron chi connectivity index (χ1n) is 7.57. The molecule has 1 unspecified atom stereocenters. The molecule has 0 radical (unpaired) electrons. The maximum absolute atomic E-state index is 12.4. The minimum atomic E-state index is -0.0248. The molecule has 116 valence electrons. The molecule has 2 heterocycles. The summed E-state index contributed by atoms with van der Waals surface area (Å²) in [6, 6.07) is 7.72. The van der Waals surface area contributed by atoms with Gasteiger partial charge in [-0.2, -0.15) is 0 Å². The number of carbonyl (C=O) groups excluding carboxylic acids is 1. The molecule has 0 fully saturated rings. The van der Waals surface area contributed by atoms with Gasteiger partial charge in [-0.05, 0) is 31.0 Å². The molecule has 1 N–H and O–H groups in total. The molecule has 1 aliphatic rings. The lowest BCUT2D eigenvalue weighted by molar-refractivity contribution is 0.0927. The normalized spacial score (nSPS) is 17.1. The highest BCUT2D eigenvalue weighted by Crippen LogP contribution is 2.16. The van der Waals surface area contributed by atoms with Crippen LogP contribution in [0.25, 0.3) is 0 Å². The SMILES string of the molecule is COCc1cccc(C(=O)NC2CCc3nc(C)cn3C2)c1. The average molecular weight is 299 g/mol. The van der Waals surface area contributed by atoms with E-state index in [9.17, 15) is 4.79 Å². The average Bonchev–Trinajstić information content (AvgIpc) is 2.87. The fourth-order valence-electron chi connectivity index (χ4n) is 2.94. The Morgan fingerprint density at radius 2 is 2.36 bits per heavy atom. The van der Waals surface area contributed by atoms with Gasteiger partial charge in [0.1, 0.15) is 5.82 Å². The van der Waals surface area contributed by atoms with Crippen LogP contribution in [0.1, 0.15) is 33.9 Å². The predicted octanol–water partition coefficient (Wildman–Crippen LogP) is 2.08. The summed E-state index contributed by atoms with van der Waals surface area (Å²) < 4.78 is 7.26. The number of carbonyl (C=O) groups is 1. The van der Waals surface area contributed by atoms with Crippen LogP contribution in [0, 0.1) is 6.92 Å². The van der Waals surface area contributed by atoms with Crippen LogP contribution < -0.4 is 5.32 Å². The lowest BCUT2D eigenvalue weighted by Gasteiger charge is -2.24. The molecule has 0 saturated carbocycles. The fourth-order valence-corrected chi connectivity index (χ4v) is 2.94. The first kappa shape index (κ1) is 14.8. The van der Waals surface area contributed by atoms with Gasteiger partial charge >= 0.3 is 0 Å². The number of methoxy groups -OCH3 is 1. The summed E-state index contributed by atoms with van der Waals surface area (Å²) in [4.78, 5) is 16.9. The number of hydrogen-bond donors (Lipinski definition) is 1. The fraction of sp³-hybridized carbons (Fsp3) is 0.412. The van der Waals surface area contributed by atoms with E-state index < -0.39 is 0 Å². The van der Waals surface area contributed by atoms with Crippen molar-refractivity contribution in [2.75, 3.05) is 7.11 Å². The van der Waals surface area contributed by atoms with Crippen LogP contribution in [0.3, 0.4) is 0 Å². The van der Waals surface area contributed by atoms with Gasteiger partial charge in [0, 0.05) is 37.9 Å². The second-order valence-corrected chi connectivity index (χ2v) is 5.79. The van der Waals surface area contributed by atoms with E-state index in [0.717, 1.165) is 36.5 Å². The van der Waals surface area contributed by atoms with Crippen LogP contribution in [-0.2, 0) is 24.3 Å². The molecule has 0 spiro atoms. The van der Waals surface area contributed by atoms with Gasteiger partial charge in [-0.15, -0.1) is 0 Å². The van der Waals surface area contributed by atoms with Crippen molar-refractivity contribution in [3.63, 3.8) is 0 Å². The van der Waals surface area contributed by atoms with Gasteiger partial charge in [0.15, 0.2) is 0 Å². The van der Waals surface area contributed by atoms with Crippen LogP contribution in [0.4, 0.5) is 0 Å². The number of amides is 1. The number of rotatable bonds is 4. The summed E-state index contributed by atoms with van der Waals surface area (Å²) in [5.41, 5.74) is 2.72. The molecule has 1 aromatic carbocycles. The van der Waals surface area contributed by atoms with Crippen LogP contribution in [0.5, 0.6) is 0 Å². The van der Waals surface area contributed by atoms with Crippen molar-refractivity contribution < 1.29 is 9.53 Å². The zero-order chi connectivity index (χ0) is 15.5. The molecule has 1 atom stereocenters. The van der Waals surface area contributed by atoms with Gasteiger partial charge in [-0.1, -0.05) is 12.1 Å². The number of nitrogens with one attached hydrogen (secondary N) is 1. The Balaban J connectivity index is 1.66. The van der Waals surface area contributed by atoms with Crippen molar-refractivity contribution in [2.24, 2.45) is 0 Å². The maximum atomic E-state index is 12.4. The third kappa shape index (κ3) is 3.20. The standard InChI is InChI=1S/C17H21N3O2/c1-12-9-20-10-15(6-7-16(20)18-12)19-17(21)14-5-3-4-13(8-14)11-22-2/h3-5,8-9,15H,6-7,10-11H2,1-2H3,(H,19,21). The summed E-state index contributed by atoms with van der Waals surface area (Å²) in [5.74, 6) is 1.09. The monoisotopic (exact) mass is 299 g/mol. The van der Waals surface area contributed by atoms with Gasteiger partial charge in [-0.3, -0.25) is 4.79 Å². The van der Waals surface area contributed by atoms with Gasteiger partial charge in [-0.25, -0.2) is 4.98 Å². The van der Waals surface area contributed by atoms with Gasteiger partial charge in [0.05, 0.1) is 12.3 Å². The lowest BCUT2D eigenvalue weighted by Crippen LogP contribution is -2.40. The third-order valence-corrected chi connectivity index (χ3v) is 3.95. The van der Waals surface area contributed by atoms with Crippen molar-refractivity contribution in [3.8, 4) is 0 Å². The molecule has 0 bridgehead atoms. The van der Waals surface area contributed by atoms with Crippen molar-refractivity contribution in [3.05, 3.63) is 53.1 Å². The number of aryl methyl sites for hydroxylation is 2. The first-order chi connectivity index (χ1) is 10.7. The van der Waals surface area contributed by atoms with E-state index in [1.807, 2.05) is 37.4 Å². The maximum Gasteiger partial charge on any atom is 0.251 e. The molecule has 1 amide bonds. The Bertz CT molecular complexity index is 678. The third-order valence-electron chi connectivity index (χ3n) is 3.95. The first-order valence-corrected chi connectivity index (χ1v) is 7.57. The summed E-state index contributed by atoms with van der Waals surface area (Å²) >= 11 is 0. The molecular weight excluding hydrogens is 278 g/mol. The molecule has 1 aliphatic heterocycles. The van der Waals surface area contributed by atoms with Gasteiger partial charge in [0.25, 0.3) is 5.91 Å². The summed E-state index contributed by atoms with van der Waals surface area (Å²) in [5, 5.41) is 3.13. The molecule has 22 heavy (non-hydrogen) atoms. The summed E-state index contributed by atoms with van der Waals surface area (Å²) in [7, 11) is 1.65. The van der Waals surface area contributed by atoms with Crippen LogP contribution >= 0.6 is 0 Å². The molecular formula is C17H21N3O2. The topological polar surface area (TPSA) is 56.1 Å². The Morgan fingerprint density at radius 1 is 1.50 bits per heavy atom. The van der Waals surface area contributed by atoms with Crippen LogP contribution in [-0.4, -0.2) is 28.6 Å². The number of imidazole rings is 1. The number of nitrogens with zero attached hydrogens (tertiary/aromatic N) is 2. The Hall–Kier alpha value is -2.14. The second kappa shape index (κ2) is 6.32. The van der Waals surface area contributed by atoms with E-state index in [0.29, 0.717) is 12.2 Å². The van der Waals surface area contributed by atoms with Gasteiger partial charge < -0.3 is 14.6 Å². The van der Waals surface area contributed by atoms with Crippen molar-refractivity contribution in [2.45, 2.75) is 39.0 Å². The van der Waals surface area contributed by atoms with E-state index in [4.69, 9.17) is 4.74 Å². The molecule has 1 aromatic heterocycles. The number of fused-ring (bicyclic) bond motifs is 1. The Labute approximate surface area is 130 Å². The van der Waals surface area contributed by atoms with E-state index in [1.165, 1.54) is 0 Å². The molecule has 0 saturated heterocycles.